The zero-order valence-corrected chi connectivity index (χ0v) is 14.5. The molecule has 1 aliphatic carbocycles. The Labute approximate surface area is 143 Å². The van der Waals surface area contributed by atoms with Crippen LogP contribution >= 0.6 is 0 Å². The smallest absolute Gasteiger partial charge is 0.319 e. The lowest BCUT2D eigenvalue weighted by Gasteiger charge is -2.39. The van der Waals surface area contributed by atoms with Crippen molar-refractivity contribution in [3.8, 4) is 0 Å². The maximum Gasteiger partial charge on any atom is 0.319 e. The molecular formula is C19H28FN3O. The highest BCUT2D eigenvalue weighted by Gasteiger charge is 2.26. The predicted octanol–water partition coefficient (Wildman–Crippen LogP) is 4.05. The maximum atomic E-state index is 13.8. The van der Waals surface area contributed by atoms with Crippen LogP contribution in [0.2, 0.25) is 0 Å². The molecule has 1 heterocycles. The summed E-state index contributed by atoms with van der Waals surface area (Å²) in [5.41, 5.74) is 1.08. The SMILES string of the molecule is Cc1ccc(NC(=O)NC2CCN(C3CCCCC3)CC2)c(F)c1. The van der Waals surface area contributed by atoms with Crippen molar-refractivity contribution in [3.63, 3.8) is 0 Å². The quantitative estimate of drug-likeness (QED) is 0.876. The van der Waals surface area contributed by atoms with Gasteiger partial charge >= 0.3 is 6.03 Å². The number of anilines is 1. The number of carbonyl (C=O) groups excluding carboxylic acids is 1. The van der Waals surface area contributed by atoms with E-state index in [1.54, 1.807) is 12.1 Å². The van der Waals surface area contributed by atoms with Crippen molar-refractivity contribution in [2.75, 3.05) is 18.4 Å². The number of piperidine rings is 1. The van der Waals surface area contributed by atoms with Crippen molar-refractivity contribution in [2.45, 2.75) is 64.0 Å². The van der Waals surface area contributed by atoms with Crippen molar-refractivity contribution in [1.29, 1.82) is 0 Å². The number of benzene rings is 1. The lowest BCUT2D eigenvalue weighted by atomic mass is 9.92. The summed E-state index contributed by atoms with van der Waals surface area (Å²) in [6.45, 7) is 3.93. The highest BCUT2D eigenvalue weighted by molar-refractivity contribution is 5.89. The van der Waals surface area contributed by atoms with E-state index in [-0.39, 0.29) is 17.8 Å². The Kier molecular flexibility index (Phi) is 5.72. The monoisotopic (exact) mass is 333 g/mol. The van der Waals surface area contributed by atoms with E-state index in [0.29, 0.717) is 0 Å². The minimum atomic E-state index is -0.391. The molecule has 0 atom stereocenters. The third-order valence-corrected chi connectivity index (χ3v) is 5.33. The van der Waals surface area contributed by atoms with Crippen LogP contribution in [-0.2, 0) is 0 Å². The van der Waals surface area contributed by atoms with Crippen LogP contribution < -0.4 is 10.6 Å². The standard InChI is InChI=1S/C19H28FN3O/c1-14-7-8-18(17(20)13-14)22-19(24)21-15-9-11-23(12-10-15)16-5-3-2-4-6-16/h7-8,13,15-16H,2-6,9-12H2,1H3,(H2,21,22,24). The minimum Gasteiger partial charge on any atom is -0.335 e. The first-order valence-electron chi connectivity index (χ1n) is 9.19. The Balaban J connectivity index is 1.44. The van der Waals surface area contributed by atoms with E-state index >= 15 is 0 Å². The number of likely N-dealkylation sites (tertiary alicyclic amines) is 1. The number of nitrogens with zero attached hydrogens (tertiary/aromatic N) is 1. The number of nitrogens with one attached hydrogen (secondary N) is 2. The van der Waals surface area contributed by atoms with Crippen LogP contribution in [0.15, 0.2) is 18.2 Å². The average molecular weight is 333 g/mol. The van der Waals surface area contributed by atoms with E-state index in [2.05, 4.69) is 15.5 Å². The van der Waals surface area contributed by atoms with Gasteiger partial charge in [0.2, 0.25) is 0 Å². The predicted molar refractivity (Wildman–Crippen MR) is 94.8 cm³/mol. The first-order chi connectivity index (χ1) is 11.6. The topological polar surface area (TPSA) is 44.4 Å². The molecule has 1 aromatic rings. The average Bonchev–Trinajstić information content (AvgIpc) is 2.59. The van der Waals surface area contributed by atoms with Crippen LogP contribution in [0.4, 0.5) is 14.9 Å². The van der Waals surface area contributed by atoms with Crippen LogP contribution in [-0.4, -0.2) is 36.1 Å². The highest BCUT2D eigenvalue weighted by atomic mass is 19.1. The third kappa shape index (κ3) is 4.47. The minimum absolute atomic E-state index is 0.179. The summed E-state index contributed by atoms with van der Waals surface area (Å²) in [5.74, 6) is -0.391. The summed E-state index contributed by atoms with van der Waals surface area (Å²) in [6.07, 6.45) is 8.68. The molecule has 0 aromatic heterocycles. The van der Waals surface area contributed by atoms with E-state index in [9.17, 15) is 9.18 Å². The van der Waals surface area contributed by atoms with Gasteiger partial charge in [-0.2, -0.15) is 0 Å². The van der Waals surface area contributed by atoms with Gasteiger partial charge in [-0.1, -0.05) is 25.3 Å². The van der Waals surface area contributed by atoms with Crippen LogP contribution in [0.5, 0.6) is 0 Å². The molecule has 1 aliphatic heterocycles. The lowest BCUT2D eigenvalue weighted by molar-refractivity contribution is 0.117. The number of carbonyl (C=O) groups is 1. The molecule has 4 nitrogen and oxygen atoms in total. The zero-order valence-electron chi connectivity index (χ0n) is 14.5. The number of urea groups is 1. The Morgan fingerprint density at radius 2 is 1.83 bits per heavy atom. The molecule has 0 bridgehead atoms. The van der Waals surface area contributed by atoms with E-state index in [4.69, 9.17) is 0 Å². The summed E-state index contributed by atoms with van der Waals surface area (Å²) in [5, 5.41) is 5.61. The van der Waals surface area contributed by atoms with Crippen molar-refractivity contribution in [3.05, 3.63) is 29.6 Å². The molecule has 0 unspecified atom stereocenters. The summed E-state index contributed by atoms with van der Waals surface area (Å²) >= 11 is 0. The molecule has 3 rings (SSSR count). The Hall–Kier alpha value is -1.62. The molecule has 1 saturated heterocycles. The summed E-state index contributed by atoms with van der Waals surface area (Å²) in [7, 11) is 0. The van der Waals surface area contributed by atoms with Gasteiger partial charge in [-0.3, -0.25) is 0 Å². The molecule has 2 amide bonds. The number of aryl methyl sites for hydroxylation is 1. The Morgan fingerprint density at radius 3 is 2.50 bits per heavy atom. The molecule has 0 spiro atoms. The molecular weight excluding hydrogens is 305 g/mol. The second-order valence-electron chi connectivity index (χ2n) is 7.18. The third-order valence-electron chi connectivity index (χ3n) is 5.33. The molecule has 5 heteroatoms. The van der Waals surface area contributed by atoms with Crippen LogP contribution in [0.3, 0.4) is 0 Å². The van der Waals surface area contributed by atoms with Crippen molar-refractivity contribution in [2.24, 2.45) is 0 Å². The van der Waals surface area contributed by atoms with Gasteiger partial charge in [0.15, 0.2) is 0 Å². The number of hydrogen-bond acceptors (Lipinski definition) is 2. The van der Waals surface area contributed by atoms with Crippen LogP contribution in [0.25, 0.3) is 0 Å². The second-order valence-corrected chi connectivity index (χ2v) is 7.18. The first-order valence-corrected chi connectivity index (χ1v) is 9.19. The van der Waals surface area contributed by atoms with Gasteiger partial charge < -0.3 is 15.5 Å². The van der Waals surface area contributed by atoms with Gasteiger partial charge in [0, 0.05) is 25.2 Å². The van der Waals surface area contributed by atoms with E-state index < -0.39 is 5.82 Å². The normalized spacial score (nSPS) is 20.8. The van der Waals surface area contributed by atoms with Crippen LogP contribution in [0, 0.1) is 12.7 Å². The number of halogens is 1. The molecule has 0 radical (unpaired) electrons. The Bertz CT molecular complexity index is 564. The van der Waals surface area contributed by atoms with Crippen molar-refractivity contribution < 1.29 is 9.18 Å². The maximum absolute atomic E-state index is 13.8. The number of amides is 2. The van der Waals surface area contributed by atoms with Crippen molar-refractivity contribution in [1.82, 2.24) is 10.2 Å². The fourth-order valence-electron chi connectivity index (χ4n) is 3.92. The lowest BCUT2D eigenvalue weighted by Crippen LogP contribution is -2.49. The van der Waals surface area contributed by atoms with Gasteiger partial charge in [-0.15, -0.1) is 0 Å². The van der Waals surface area contributed by atoms with Crippen molar-refractivity contribution >= 4 is 11.7 Å². The van der Waals surface area contributed by atoms with E-state index in [1.165, 1.54) is 38.2 Å². The van der Waals surface area contributed by atoms with Gasteiger partial charge in [0.25, 0.3) is 0 Å². The van der Waals surface area contributed by atoms with Gasteiger partial charge in [0.05, 0.1) is 5.69 Å². The molecule has 24 heavy (non-hydrogen) atoms. The molecule has 1 saturated carbocycles. The fourth-order valence-corrected chi connectivity index (χ4v) is 3.92. The zero-order chi connectivity index (χ0) is 16.9. The number of hydrogen-bond donors (Lipinski definition) is 2. The Morgan fingerprint density at radius 1 is 1.12 bits per heavy atom. The van der Waals surface area contributed by atoms with Gasteiger partial charge in [-0.05, 0) is 50.3 Å². The molecule has 1 aromatic carbocycles. The highest BCUT2D eigenvalue weighted by Crippen LogP contribution is 2.25. The fraction of sp³-hybridized carbons (Fsp3) is 0.632. The van der Waals surface area contributed by atoms with E-state index in [0.717, 1.165) is 37.5 Å². The summed E-state index contributed by atoms with van der Waals surface area (Å²) < 4.78 is 13.8. The number of rotatable bonds is 3. The summed E-state index contributed by atoms with van der Waals surface area (Å²) in [4.78, 5) is 14.7. The summed E-state index contributed by atoms with van der Waals surface area (Å²) in [6, 6.07) is 5.44. The molecule has 2 N–H and O–H groups in total. The molecule has 2 aliphatic rings. The second kappa shape index (κ2) is 7.97. The molecule has 132 valence electrons. The van der Waals surface area contributed by atoms with Crippen LogP contribution in [0.1, 0.15) is 50.5 Å². The van der Waals surface area contributed by atoms with Gasteiger partial charge in [-0.25, -0.2) is 9.18 Å². The molecule has 2 fully saturated rings. The van der Waals surface area contributed by atoms with E-state index in [1.807, 2.05) is 6.92 Å². The first kappa shape index (κ1) is 17.2. The largest absolute Gasteiger partial charge is 0.335 e. The van der Waals surface area contributed by atoms with Gasteiger partial charge in [0.1, 0.15) is 5.82 Å².